The van der Waals surface area contributed by atoms with Crippen LogP contribution in [0.2, 0.25) is 5.02 Å². The Hall–Kier alpha value is -3.71. The zero-order chi connectivity index (χ0) is 20.1. The van der Waals surface area contributed by atoms with E-state index in [-0.39, 0.29) is 17.0 Å². The van der Waals surface area contributed by atoms with E-state index < -0.39 is 16.8 Å². The molecule has 0 saturated carbocycles. The Balaban J connectivity index is 1.68. The van der Waals surface area contributed by atoms with Gasteiger partial charge in [-0.05, 0) is 48.5 Å². The molecule has 0 aliphatic carbocycles. The Kier molecular flexibility index (Phi) is 5.67. The van der Waals surface area contributed by atoms with Gasteiger partial charge in [0.1, 0.15) is 5.75 Å². The fraction of sp³-hybridized carbons (Fsp3) is 0. The van der Waals surface area contributed by atoms with Gasteiger partial charge in [-0.15, -0.1) is 0 Å². The van der Waals surface area contributed by atoms with Gasteiger partial charge < -0.3 is 10.1 Å². The first kappa shape index (κ1) is 19.1. The number of benzene rings is 3. The molecule has 0 fully saturated rings. The van der Waals surface area contributed by atoms with Gasteiger partial charge in [-0.2, -0.15) is 0 Å². The Morgan fingerprint density at radius 1 is 0.929 bits per heavy atom. The third-order valence-corrected chi connectivity index (χ3v) is 3.97. The number of carbonyl (C=O) groups is 2. The van der Waals surface area contributed by atoms with E-state index in [1.54, 1.807) is 42.5 Å². The summed E-state index contributed by atoms with van der Waals surface area (Å²) in [6.45, 7) is 0. The summed E-state index contributed by atoms with van der Waals surface area (Å²) in [5.41, 5.74) is 0.899. The first-order valence-electron chi connectivity index (χ1n) is 8.06. The zero-order valence-corrected chi connectivity index (χ0v) is 15.1. The molecule has 0 radical (unpaired) electrons. The van der Waals surface area contributed by atoms with Gasteiger partial charge >= 0.3 is 5.97 Å². The highest BCUT2D eigenvalue weighted by Crippen LogP contribution is 2.20. The number of halogens is 1. The maximum absolute atomic E-state index is 12.3. The first-order valence-corrected chi connectivity index (χ1v) is 8.44. The van der Waals surface area contributed by atoms with Gasteiger partial charge in [0.15, 0.2) is 0 Å². The number of nitro benzene ring substituents is 1. The van der Waals surface area contributed by atoms with Crippen LogP contribution in [0, 0.1) is 10.1 Å². The van der Waals surface area contributed by atoms with E-state index in [0.717, 1.165) is 0 Å². The Labute approximate surface area is 164 Å². The van der Waals surface area contributed by atoms with Gasteiger partial charge in [-0.3, -0.25) is 14.9 Å². The molecule has 1 amide bonds. The van der Waals surface area contributed by atoms with Gasteiger partial charge in [-0.1, -0.05) is 17.7 Å². The van der Waals surface area contributed by atoms with Gasteiger partial charge in [0.2, 0.25) is 0 Å². The van der Waals surface area contributed by atoms with Crippen molar-refractivity contribution in [1.29, 1.82) is 0 Å². The predicted octanol–water partition coefficient (Wildman–Crippen LogP) is 4.72. The van der Waals surface area contributed by atoms with Crippen molar-refractivity contribution < 1.29 is 19.2 Å². The van der Waals surface area contributed by atoms with E-state index in [4.69, 9.17) is 16.3 Å². The number of carbonyl (C=O) groups excluding carboxylic acids is 2. The van der Waals surface area contributed by atoms with Gasteiger partial charge in [0.25, 0.3) is 11.6 Å². The number of non-ortho nitro benzene ring substituents is 1. The highest BCUT2D eigenvalue weighted by molar-refractivity contribution is 6.30. The smallest absolute Gasteiger partial charge is 0.343 e. The number of amides is 1. The maximum Gasteiger partial charge on any atom is 0.343 e. The summed E-state index contributed by atoms with van der Waals surface area (Å²) in [6.07, 6.45) is 0. The Morgan fingerprint density at radius 2 is 1.57 bits per heavy atom. The highest BCUT2D eigenvalue weighted by Gasteiger charge is 2.12. The fourth-order valence-electron chi connectivity index (χ4n) is 2.33. The van der Waals surface area contributed by atoms with Crippen molar-refractivity contribution in [1.82, 2.24) is 0 Å². The number of rotatable bonds is 5. The van der Waals surface area contributed by atoms with Crippen LogP contribution >= 0.6 is 11.6 Å². The molecular formula is C20H13ClN2O5. The maximum atomic E-state index is 12.3. The zero-order valence-electron chi connectivity index (χ0n) is 14.3. The number of ether oxygens (including phenoxy) is 1. The number of esters is 1. The van der Waals surface area contributed by atoms with E-state index in [1.807, 2.05) is 0 Å². The minimum Gasteiger partial charge on any atom is -0.423 e. The summed E-state index contributed by atoms with van der Waals surface area (Å²) >= 11 is 5.79. The minimum absolute atomic E-state index is 0.104. The van der Waals surface area contributed by atoms with Crippen LogP contribution in [0.15, 0.2) is 72.8 Å². The molecule has 0 unspecified atom stereocenters. The second-order valence-electron chi connectivity index (χ2n) is 5.68. The highest BCUT2D eigenvalue weighted by atomic mass is 35.5. The normalized spacial score (nSPS) is 10.2. The molecule has 0 saturated heterocycles. The van der Waals surface area contributed by atoms with Crippen molar-refractivity contribution in [3.8, 4) is 5.75 Å². The Morgan fingerprint density at radius 3 is 2.21 bits per heavy atom. The molecular weight excluding hydrogens is 384 g/mol. The van der Waals surface area contributed by atoms with Crippen molar-refractivity contribution in [2.24, 2.45) is 0 Å². The second kappa shape index (κ2) is 8.32. The SMILES string of the molecule is O=C(Nc1cccc(OC(=O)c2ccc(Cl)cc2)c1)c1ccc([N+](=O)[O-])cc1. The number of hydrogen-bond acceptors (Lipinski definition) is 5. The molecule has 3 rings (SSSR count). The van der Waals surface area contributed by atoms with Crippen LogP contribution in [0.1, 0.15) is 20.7 Å². The number of anilines is 1. The van der Waals surface area contributed by atoms with Crippen LogP contribution in [0.5, 0.6) is 5.75 Å². The summed E-state index contributed by atoms with van der Waals surface area (Å²) in [6, 6.07) is 17.8. The number of hydrogen-bond donors (Lipinski definition) is 1. The summed E-state index contributed by atoms with van der Waals surface area (Å²) < 4.78 is 5.30. The van der Waals surface area contributed by atoms with Crippen LogP contribution in [-0.2, 0) is 0 Å². The second-order valence-corrected chi connectivity index (χ2v) is 6.12. The molecule has 3 aromatic carbocycles. The summed E-state index contributed by atoms with van der Waals surface area (Å²) in [5.74, 6) is -0.756. The lowest BCUT2D eigenvalue weighted by atomic mass is 10.2. The standard InChI is InChI=1S/C20H13ClN2O5/c21-15-8-4-14(5-9-15)20(25)28-18-3-1-2-16(12-18)22-19(24)13-6-10-17(11-7-13)23(26)27/h1-12H,(H,22,24). The molecule has 0 aliphatic rings. The van der Waals surface area contributed by atoms with Crippen molar-refractivity contribution in [2.45, 2.75) is 0 Å². The minimum atomic E-state index is -0.560. The summed E-state index contributed by atoms with van der Waals surface area (Å²) in [5, 5.41) is 13.8. The summed E-state index contributed by atoms with van der Waals surface area (Å²) in [4.78, 5) is 34.6. The van der Waals surface area contributed by atoms with Crippen molar-refractivity contribution in [3.63, 3.8) is 0 Å². The van der Waals surface area contributed by atoms with Crippen LogP contribution in [-0.4, -0.2) is 16.8 Å². The molecule has 0 aliphatic heterocycles. The molecule has 8 heteroatoms. The molecule has 0 bridgehead atoms. The molecule has 28 heavy (non-hydrogen) atoms. The van der Waals surface area contributed by atoms with E-state index in [2.05, 4.69) is 5.32 Å². The molecule has 0 heterocycles. The monoisotopic (exact) mass is 396 g/mol. The van der Waals surface area contributed by atoms with Crippen LogP contribution in [0.4, 0.5) is 11.4 Å². The van der Waals surface area contributed by atoms with Gasteiger partial charge in [-0.25, -0.2) is 4.79 Å². The topological polar surface area (TPSA) is 98.5 Å². The number of nitrogens with zero attached hydrogens (tertiary/aromatic N) is 1. The molecule has 0 atom stereocenters. The van der Waals surface area contributed by atoms with E-state index in [1.165, 1.54) is 30.3 Å². The average molecular weight is 397 g/mol. The third kappa shape index (κ3) is 4.72. The van der Waals surface area contributed by atoms with E-state index in [9.17, 15) is 19.7 Å². The lowest BCUT2D eigenvalue weighted by Crippen LogP contribution is -2.12. The largest absolute Gasteiger partial charge is 0.423 e. The van der Waals surface area contributed by atoms with Crippen molar-refractivity contribution >= 4 is 34.9 Å². The predicted molar refractivity (Wildman–Crippen MR) is 104 cm³/mol. The van der Waals surface area contributed by atoms with Crippen LogP contribution in [0.25, 0.3) is 0 Å². The Bertz CT molecular complexity index is 1030. The summed E-state index contributed by atoms with van der Waals surface area (Å²) in [7, 11) is 0. The number of nitrogens with one attached hydrogen (secondary N) is 1. The number of nitro groups is 1. The molecule has 3 aromatic rings. The third-order valence-electron chi connectivity index (χ3n) is 3.72. The van der Waals surface area contributed by atoms with Crippen LogP contribution < -0.4 is 10.1 Å². The lowest BCUT2D eigenvalue weighted by molar-refractivity contribution is -0.384. The molecule has 7 nitrogen and oxygen atoms in total. The van der Waals surface area contributed by atoms with Crippen molar-refractivity contribution in [2.75, 3.05) is 5.32 Å². The molecule has 140 valence electrons. The van der Waals surface area contributed by atoms with Gasteiger partial charge in [0, 0.05) is 34.5 Å². The van der Waals surface area contributed by atoms with Gasteiger partial charge in [0.05, 0.1) is 10.5 Å². The molecule has 0 spiro atoms. The molecule has 0 aromatic heterocycles. The lowest BCUT2D eigenvalue weighted by Gasteiger charge is -2.08. The quantitative estimate of drug-likeness (QED) is 0.291. The van der Waals surface area contributed by atoms with Crippen LogP contribution in [0.3, 0.4) is 0 Å². The van der Waals surface area contributed by atoms with E-state index >= 15 is 0 Å². The van der Waals surface area contributed by atoms with Crippen molar-refractivity contribution in [3.05, 3.63) is 99.1 Å². The molecule has 1 N–H and O–H groups in total. The average Bonchev–Trinajstić information content (AvgIpc) is 2.68. The first-order chi connectivity index (χ1) is 13.4. The fourth-order valence-corrected chi connectivity index (χ4v) is 2.45. The van der Waals surface area contributed by atoms with E-state index in [0.29, 0.717) is 16.3 Å².